The highest BCUT2D eigenvalue weighted by molar-refractivity contribution is 6.31. The predicted octanol–water partition coefficient (Wildman–Crippen LogP) is 1.25. The standard InChI is InChI=1S/C12H11ClN4O2/c1-6(18)16-17-12(19)9-5-15-10-3-2-7(13)4-8(10)11(9)14/h2-5H,1H3,(H2,14,15)(H,16,18)(H,17,19). The SMILES string of the molecule is CC(=O)NNC(=O)c1cnc2ccc(Cl)cc2c1N. The monoisotopic (exact) mass is 278 g/mol. The summed E-state index contributed by atoms with van der Waals surface area (Å²) in [7, 11) is 0. The van der Waals surface area contributed by atoms with E-state index in [0.717, 1.165) is 0 Å². The molecular formula is C12H11ClN4O2. The molecule has 0 saturated carbocycles. The number of nitrogens with one attached hydrogen (secondary N) is 2. The number of hydrazine groups is 1. The number of aromatic nitrogens is 1. The molecule has 7 heteroatoms. The fraction of sp³-hybridized carbons (Fsp3) is 0.0833. The maximum absolute atomic E-state index is 11.8. The van der Waals surface area contributed by atoms with Crippen LogP contribution in [0, 0.1) is 0 Å². The van der Waals surface area contributed by atoms with E-state index in [-0.39, 0.29) is 17.2 Å². The van der Waals surface area contributed by atoms with Gasteiger partial charge in [-0.15, -0.1) is 0 Å². The number of amides is 2. The number of fused-ring (bicyclic) bond motifs is 1. The molecule has 0 aliphatic carbocycles. The number of rotatable bonds is 1. The third kappa shape index (κ3) is 2.74. The zero-order valence-electron chi connectivity index (χ0n) is 10.0. The molecule has 2 aromatic rings. The van der Waals surface area contributed by atoms with Crippen molar-refractivity contribution < 1.29 is 9.59 Å². The van der Waals surface area contributed by atoms with Crippen molar-refractivity contribution in [1.82, 2.24) is 15.8 Å². The van der Waals surface area contributed by atoms with Crippen LogP contribution in [0.3, 0.4) is 0 Å². The number of nitrogen functional groups attached to an aromatic ring is 1. The Morgan fingerprint density at radius 2 is 2.05 bits per heavy atom. The summed E-state index contributed by atoms with van der Waals surface area (Å²) in [5.41, 5.74) is 11.4. The summed E-state index contributed by atoms with van der Waals surface area (Å²) in [6, 6.07) is 5.03. The third-order valence-electron chi connectivity index (χ3n) is 2.47. The highest BCUT2D eigenvalue weighted by Gasteiger charge is 2.13. The number of anilines is 1. The van der Waals surface area contributed by atoms with Gasteiger partial charge in [-0.2, -0.15) is 0 Å². The fourth-order valence-corrected chi connectivity index (χ4v) is 1.75. The van der Waals surface area contributed by atoms with E-state index in [1.165, 1.54) is 13.1 Å². The summed E-state index contributed by atoms with van der Waals surface area (Å²) in [5, 5.41) is 1.09. The number of hydrogen-bond donors (Lipinski definition) is 3. The fourth-order valence-electron chi connectivity index (χ4n) is 1.58. The zero-order valence-corrected chi connectivity index (χ0v) is 10.8. The van der Waals surface area contributed by atoms with Crippen LogP contribution in [0.25, 0.3) is 10.9 Å². The van der Waals surface area contributed by atoms with Gasteiger partial charge in [-0.1, -0.05) is 11.6 Å². The number of halogens is 1. The third-order valence-corrected chi connectivity index (χ3v) is 2.70. The molecule has 6 nitrogen and oxygen atoms in total. The quantitative estimate of drug-likeness (QED) is 0.684. The molecule has 0 spiro atoms. The highest BCUT2D eigenvalue weighted by atomic mass is 35.5. The number of hydrogen-bond acceptors (Lipinski definition) is 4. The maximum atomic E-state index is 11.8. The Morgan fingerprint density at radius 3 is 2.74 bits per heavy atom. The van der Waals surface area contributed by atoms with Gasteiger partial charge >= 0.3 is 0 Å². The van der Waals surface area contributed by atoms with E-state index in [1.54, 1.807) is 18.2 Å². The van der Waals surface area contributed by atoms with Crippen molar-refractivity contribution >= 4 is 40.0 Å². The normalized spacial score (nSPS) is 10.2. The smallest absolute Gasteiger partial charge is 0.273 e. The van der Waals surface area contributed by atoms with E-state index in [9.17, 15) is 9.59 Å². The van der Waals surface area contributed by atoms with Crippen LogP contribution in [0.1, 0.15) is 17.3 Å². The van der Waals surface area contributed by atoms with Crippen molar-refractivity contribution in [3.05, 3.63) is 35.0 Å². The van der Waals surface area contributed by atoms with E-state index in [0.29, 0.717) is 15.9 Å². The van der Waals surface area contributed by atoms with Crippen LogP contribution >= 0.6 is 11.6 Å². The van der Waals surface area contributed by atoms with Crippen LogP contribution in [-0.4, -0.2) is 16.8 Å². The van der Waals surface area contributed by atoms with Crippen molar-refractivity contribution in [3.8, 4) is 0 Å². The number of nitrogens with zero attached hydrogens (tertiary/aromatic N) is 1. The van der Waals surface area contributed by atoms with Crippen LogP contribution in [0.4, 0.5) is 5.69 Å². The number of carbonyl (C=O) groups is 2. The zero-order chi connectivity index (χ0) is 14.0. The topological polar surface area (TPSA) is 97.1 Å². The van der Waals surface area contributed by atoms with Gasteiger partial charge in [-0.25, -0.2) is 0 Å². The molecular weight excluding hydrogens is 268 g/mol. The summed E-state index contributed by atoms with van der Waals surface area (Å²) in [5.74, 6) is -0.925. The first kappa shape index (κ1) is 13.1. The van der Waals surface area contributed by atoms with Crippen LogP contribution in [-0.2, 0) is 4.79 Å². The summed E-state index contributed by atoms with van der Waals surface area (Å²) in [6.07, 6.45) is 1.35. The molecule has 1 aromatic carbocycles. The van der Waals surface area contributed by atoms with Crippen LogP contribution in [0.15, 0.2) is 24.4 Å². The van der Waals surface area contributed by atoms with Gasteiger partial charge in [0.1, 0.15) is 0 Å². The highest BCUT2D eigenvalue weighted by Crippen LogP contribution is 2.25. The van der Waals surface area contributed by atoms with Crippen molar-refractivity contribution in [3.63, 3.8) is 0 Å². The van der Waals surface area contributed by atoms with Crippen LogP contribution in [0.2, 0.25) is 5.02 Å². The van der Waals surface area contributed by atoms with Gasteiger partial charge in [0, 0.05) is 23.5 Å². The Kier molecular flexibility index (Phi) is 3.52. The van der Waals surface area contributed by atoms with Crippen molar-refractivity contribution in [2.24, 2.45) is 0 Å². The van der Waals surface area contributed by atoms with Crippen LogP contribution in [0.5, 0.6) is 0 Å². The lowest BCUT2D eigenvalue weighted by Gasteiger charge is -2.09. The molecule has 4 N–H and O–H groups in total. The second-order valence-electron chi connectivity index (χ2n) is 3.88. The Balaban J connectivity index is 2.41. The van der Waals surface area contributed by atoms with E-state index in [1.807, 2.05) is 0 Å². The van der Waals surface area contributed by atoms with E-state index in [2.05, 4.69) is 15.8 Å². The molecule has 0 unspecified atom stereocenters. The molecule has 1 aromatic heterocycles. The van der Waals surface area contributed by atoms with Gasteiger partial charge in [0.25, 0.3) is 5.91 Å². The minimum atomic E-state index is -0.540. The Hall–Kier alpha value is -2.34. The average Bonchev–Trinajstić information content (AvgIpc) is 2.37. The Labute approximate surface area is 113 Å². The molecule has 0 atom stereocenters. The lowest BCUT2D eigenvalue weighted by atomic mass is 10.1. The van der Waals surface area contributed by atoms with E-state index < -0.39 is 5.91 Å². The molecule has 1 heterocycles. The van der Waals surface area contributed by atoms with E-state index in [4.69, 9.17) is 17.3 Å². The maximum Gasteiger partial charge on any atom is 0.273 e. The first-order valence-electron chi connectivity index (χ1n) is 5.39. The summed E-state index contributed by atoms with van der Waals surface area (Å²) < 4.78 is 0. The molecule has 19 heavy (non-hydrogen) atoms. The first-order chi connectivity index (χ1) is 8.99. The summed E-state index contributed by atoms with van der Waals surface area (Å²) in [4.78, 5) is 26.7. The Bertz CT molecular complexity index is 672. The summed E-state index contributed by atoms with van der Waals surface area (Å²) >= 11 is 5.88. The van der Waals surface area contributed by atoms with Gasteiger partial charge in [0.15, 0.2) is 0 Å². The van der Waals surface area contributed by atoms with Crippen molar-refractivity contribution in [2.75, 3.05) is 5.73 Å². The molecule has 2 amide bonds. The predicted molar refractivity (Wildman–Crippen MR) is 72.4 cm³/mol. The van der Waals surface area contributed by atoms with Crippen LogP contribution < -0.4 is 16.6 Å². The lowest BCUT2D eigenvalue weighted by molar-refractivity contribution is -0.119. The second-order valence-corrected chi connectivity index (χ2v) is 4.32. The van der Waals surface area contributed by atoms with Gasteiger partial charge in [0.05, 0.1) is 16.8 Å². The lowest BCUT2D eigenvalue weighted by Crippen LogP contribution is -2.40. The molecule has 0 bridgehead atoms. The molecule has 98 valence electrons. The molecule has 0 fully saturated rings. The molecule has 0 saturated heterocycles. The number of carbonyl (C=O) groups excluding carboxylic acids is 2. The summed E-state index contributed by atoms with van der Waals surface area (Å²) in [6.45, 7) is 1.28. The molecule has 0 aliphatic heterocycles. The number of pyridine rings is 1. The second kappa shape index (κ2) is 5.11. The first-order valence-corrected chi connectivity index (χ1v) is 5.77. The molecule has 0 radical (unpaired) electrons. The number of nitrogens with two attached hydrogens (primary N) is 1. The number of benzene rings is 1. The minimum Gasteiger partial charge on any atom is -0.397 e. The average molecular weight is 279 g/mol. The Morgan fingerprint density at radius 1 is 1.32 bits per heavy atom. The van der Waals surface area contributed by atoms with Gasteiger partial charge in [0.2, 0.25) is 5.91 Å². The molecule has 0 aliphatic rings. The van der Waals surface area contributed by atoms with Crippen molar-refractivity contribution in [1.29, 1.82) is 0 Å². The van der Waals surface area contributed by atoms with Crippen molar-refractivity contribution in [2.45, 2.75) is 6.92 Å². The minimum absolute atomic E-state index is 0.170. The largest absolute Gasteiger partial charge is 0.397 e. The molecule has 2 rings (SSSR count). The van der Waals surface area contributed by atoms with Gasteiger partial charge < -0.3 is 5.73 Å². The van der Waals surface area contributed by atoms with Gasteiger partial charge in [-0.3, -0.25) is 25.4 Å². The van der Waals surface area contributed by atoms with E-state index >= 15 is 0 Å². The van der Waals surface area contributed by atoms with Gasteiger partial charge in [-0.05, 0) is 18.2 Å².